The Balaban J connectivity index is 1.58. The summed E-state index contributed by atoms with van der Waals surface area (Å²) in [5, 5.41) is 3.21. The number of nitrogens with one attached hydrogen (secondary N) is 1. The highest BCUT2D eigenvalue weighted by molar-refractivity contribution is 7.92. The van der Waals surface area contributed by atoms with Crippen molar-refractivity contribution in [1.29, 1.82) is 0 Å². The Morgan fingerprint density at radius 3 is 2.14 bits per heavy atom. The summed E-state index contributed by atoms with van der Waals surface area (Å²) in [5.74, 6) is 0.353. The van der Waals surface area contributed by atoms with Gasteiger partial charge in [-0.25, -0.2) is 8.42 Å². The highest BCUT2D eigenvalue weighted by Gasteiger charge is 2.36. The summed E-state index contributed by atoms with van der Waals surface area (Å²) in [6, 6.07) is 27.3. The summed E-state index contributed by atoms with van der Waals surface area (Å²) in [6.07, 6.45) is 4.08. The Morgan fingerprint density at radius 2 is 1.51 bits per heavy atom. The molecule has 4 aromatic rings. The van der Waals surface area contributed by atoms with Crippen LogP contribution >= 0.6 is 0 Å². The lowest BCUT2D eigenvalue weighted by Crippen LogP contribution is -2.54. The fourth-order valence-corrected chi connectivity index (χ4v) is 7.75. The number of amides is 2. The van der Waals surface area contributed by atoms with Gasteiger partial charge in [0.25, 0.3) is 10.0 Å². The van der Waals surface area contributed by atoms with Crippen molar-refractivity contribution >= 4 is 27.5 Å². The lowest BCUT2D eigenvalue weighted by Gasteiger charge is -2.34. The van der Waals surface area contributed by atoms with Gasteiger partial charge in [0.05, 0.1) is 31.4 Å². The predicted molar refractivity (Wildman–Crippen MR) is 198 cm³/mol. The average Bonchev–Trinajstić information content (AvgIpc) is 3.66. The second-order valence-corrected chi connectivity index (χ2v) is 14.5. The number of hydrogen-bond donors (Lipinski definition) is 1. The number of sulfonamides is 1. The first-order chi connectivity index (χ1) is 24.6. The summed E-state index contributed by atoms with van der Waals surface area (Å²) in [6.45, 7) is 3.80. The van der Waals surface area contributed by atoms with Crippen LogP contribution in [0.4, 0.5) is 5.69 Å². The van der Waals surface area contributed by atoms with E-state index in [4.69, 9.17) is 14.2 Å². The van der Waals surface area contributed by atoms with Gasteiger partial charge < -0.3 is 24.4 Å². The SMILES string of the molecule is CCOc1ccc(N(CC(=O)N(Cc2ccc(C)cc2)C(Cc2ccccc2)C(=O)NC2CCCC2)S(=O)(=O)c2ccc(OC)c(OC)c2)cc1. The highest BCUT2D eigenvalue weighted by atomic mass is 32.2. The molecule has 51 heavy (non-hydrogen) atoms. The molecule has 1 atom stereocenters. The zero-order chi connectivity index (χ0) is 36.4. The molecule has 270 valence electrons. The van der Waals surface area contributed by atoms with Gasteiger partial charge in [-0.3, -0.25) is 13.9 Å². The van der Waals surface area contributed by atoms with Crippen molar-refractivity contribution < 1.29 is 32.2 Å². The Hall–Kier alpha value is -5.03. The van der Waals surface area contributed by atoms with Crippen molar-refractivity contribution in [1.82, 2.24) is 10.2 Å². The number of hydrogen-bond acceptors (Lipinski definition) is 7. The number of anilines is 1. The van der Waals surface area contributed by atoms with Crippen LogP contribution in [0.15, 0.2) is 102 Å². The first-order valence-corrected chi connectivity index (χ1v) is 18.7. The van der Waals surface area contributed by atoms with Gasteiger partial charge in [0.1, 0.15) is 18.3 Å². The molecule has 1 N–H and O–H groups in total. The minimum absolute atomic E-state index is 0.0258. The Bertz CT molecular complexity index is 1860. The minimum Gasteiger partial charge on any atom is -0.494 e. The third-order valence-electron chi connectivity index (χ3n) is 9.10. The molecule has 0 radical (unpaired) electrons. The van der Waals surface area contributed by atoms with Crippen molar-refractivity contribution in [2.24, 2.45) is 0 Å². The first-order valence-electron chi connectivity index (χ1n) is 17.3. The first kappa shape index (κ1) is 37.2. The van der Waals surface area contributed by atoms with Crippen molar-refractivity contribution in [3.05, 3.63) is 114 Å². The molecule has 0 heterocycles. The molecule has 10 nitrogen and oxygen atoms in total. The average molecular weight is 714 g/mol. The van der Waals surface area contributed by atoms with Crippen LogP contribution in [0.25, 0.3) is 0 Å². The third-order valence-corrected chi connectivity index (χ3v) is 10.9. The maximum absolute atomic E-state index is 14.8. The van der Waals surface area contributed by atoms with E-state index in [1.54, 1.807) is 24.3 Å². The molecule has 1 saturated carbocycles. The van der Waals surface area contributed by atoms with Gasteiger partial charge in [0.2, 0.25) is 11.8 Å². The highest BCUT2D eigenvalue weighted by Crippen LogP contribution is 2.33. The van der Waals surface area contributed by atoms with Crippen molar-refractivity contribution in [3.63, 3.8) is 0 Å². The van der Waals surface area contributed by atoms with E-state index in [1.165, 1.54) is 37.3 Å². The summed E-state index contributed by atoms with van der Waals surface area (Å²) in [4.78, 5) is 30.5. The van der Waals surface area contributed by atoms with Gasteiger partial charge in [-0.05, 0) is 74.2 Å². The Morgan fingerprint density at radius 1 is 0.843 bits per heavy atom. The van der Waals surface area contributed by atoms with Crippen LogP contribution in [0, 0.1) is 6.92 Å². The second kappa shape index (κ2) is 17.3. The van der Waals surface area contributed by atoms with E-state index in [0.717, 1.165) is 46.7 Å². The number of carbonyl (C=O) groups is 2. The second-order valence-electron chi connectivity index (χ2n) is 12.7. The quantitative estimate of drug-likeness (QED) is 0.145. The molecule has 0 bridgehead atoms. The van der Waals surface area contributed by atoms with Crippen molar-refractivity contribution in [2.45, 2.75) is 69.5 Å². The molecule has 0 aromatic heterocycles. The maximum Gasteiger partial charge on any atom is 0.264 e. The van der Waals surface area contributed by atoms with E-state index in [1.807, 2.05) is 68.4 Å². The van der Waals surface area contributed by atoms with Gasteiger partial charge in [0, 0.05) is 25.1 Å². The van der Waals surface area contributed by atoms with Crippen LogP contribution in [0.2, 0.25) is 0 Å². The molecule has 0 spiro atoms. The molecular formula is C40H47N3O7S. The van der Waals surface area contributed by atoms with Crippen molar-refractivity contribution in [2.75, 3.05) is 31.7 Å². The zero-order valence-corrected chi connectivity index (χ0v) is 30.5. The van der Waals surface area contributed by atoms with E-state index in [9.17, 15) is 18.0 Å². The van der Waals surface area contributed by atoms with Crippen LogP contribution in [-0.4, -0.2) is 64.6 Å². The molecule has 4 aromatic carbocycles. The summed E-state index contributed by atoms with van der Waals surface area (Å²) in [5.41, 5.74) is 3.01. The fraction of sp³-hybridized carbons (Fsp3) is 0.350. The molecule has 1 aliphatic rings. The molecule has 0 aliphatic heterocycles. The Kier molecular flexibility index (Phi) is 12.6. The molecule has 11 heteroatoms. The van der Waals surface area contributed by atoms with Gasteiger partial charge >= 0.3 is 0 Å². The third kappa shape index (κ3) is 9.40. The van der Waals surface area contributed by atoms with E-state index < -0.39 is 28.5 Å². The lowest BCUT2D eigenvalue weighted by atomic mass is 10.0. The summed E-state index contributed by atoms with van der Waals surface area (Å²) < 4.78 is 46.5. The molecule has 1 fully saturated rings. The number of nitrogens with zero attached hydrogens (tertiary/aromatic N) is 2. The molecule has 2 amide bonds. The largest absolute Gasteiger partial charge is 0.494 e. The van der Waals surface area contributed by atoms with E-state index in [0.29, 0.717) is 18.1 Å². The molecule has 0 saturated heterocycles. The van der Waals surface area contributed by atoms with Gasteiger partial charge in [-0.15, -0.1) is 0 Å². The Labute approximate surface area is 301 Å². The number of benzene rings is 4. The van der Waals surface area contributed by atoms with E-state index >= 15 is 0 Å². The van der Waals surface area contributed by atoms with Crippen LogP contribution in [0.5, 0.6) is 17.2 Å². The number of carbonyl (C=O) groups excluding carboxylic acids is 2. The van der Waals surface area contributed by atoms with Crippen LogP contribution < -0.4 is 23.8 Å². The van der Waals surface area contributed by atoms with Crippen molar-refractivity contribution in [3.8, 4) is 17.2 Å². The van der Waals surface area contributed by atoms with Gasteiger partial charge in [-0.1, -0.05) is 73.0 Å². The van der Waals surface area contributed by atoms with Gasteiger partial charge in [-0.2, -0.15) is 0 Å². The smallest absolute Gasteiger partial charge is 0.264 e. The zero-order valence-electron chi connectivity index (χ0n) is 29.7. The maximum atomic E-state index is 14.8. The minimum atomic E-state index is -4.36. The summed E-state index contributed by atoms with van der Waals surface area (Å²) in [7, 11) is -1.47. The van der Waals surface area contributed by atoms with E-state index in [-0.39, 0.29) is 41.2 Å². The summed E-state index contributed by atoms with van der Waals surface area (Å²) >= 11 is 0. The van der Waals surface area contributed by atoms with Crippen LogP contribution in [-0.2, 0) is 32.6 Å². The molecule has 1 unspecified atom stereocenters. The predicted octanol–water partition coefficient (Wildman–Crippen LogP) is 6.31. The number of ether oxygens (including phenoxy) is 3. The lowest BCUT2D eigenvalue weighted by molar-refractivity contribution is -0.140. The fourth-order valence-electron chi connectivity index (χ4n) is 6.32. The van der Waals surface area contributed by atoms with E-state index in [2.05, 4.69) is 5.32 Å². The monoisotopic (exact) mass is 713 g/mol. The number of aryl methyl sites for hydroxylation is 1. The van der Waals surface area contributed by atoms with Gasteiger partial charge in [0.15, 0.2) is 11.5 Å². The standard InChI is InChI=1S/C40H47N3O7S/c1-5-50-34-21-19-33(20-22-34)43(51(46,47)35-23-24-37(48-3)38(26-35)49-4)28-39(44)42(27-31-17-15-29(2)16-18-31)36(25-30-11-7-6-8-12-30)40(45)41-32-13-9-10-14-32/h6-8,11-12,15-24,26,32,36H,5,9-10,13-14,25,27-28H2,1-4H3,(H,41,45). The van der Waals surface area contributed by atoms with Crippen LogP contribution in [0.1, 0.15) is 49.3 Å². The number of rotatable bonds is 16. The molecule has 1 aliphatic carbocycles. The molecule has 5 rings (SSSR count). The topological polar surface area (TPSA) is 114 Å². The van der Waals surface area contributed by atoms with Crippen LogP contribution in [0.3, 0.4) is 0 Å². The number of methoxy groups -OCH3 is 2. The normalized spacial score (nSPS) is 13.6. The molecular weight excluding hydrogens is 667 g/mol.